The van der Waals surface area contributed by atoms with E-state index in [9.17, 15) is 22.8 Å². The molecule has 1 heterocycles. The Kier molecular flexibility index (Phi) is 7.32. The Bertz CT molecular complexity index is 1220. The molecule has 0 atom stereocenters. The van der Waals surface area contributed by atoms with E-state index in [-0.39, 0.29) is 16.9 Å². The first-order valence-electron chi connectivity index (χ1n) is 10.8. The van der Waals surface area contributed by atoms with E-state index in [1.807, 2.05) is 0 Å². The molecule has 6 nitrogen and oxygen atoms in total. The summed E-state index contributed by atoms with van der Waals surface area (Å²) in [6.07, 6.45) is -0.00834. The molecule has 1 aliphatic rings. The van der Waals surface area contributed by atoms with E-state index in [0.29, 0.717) is 18.5 Å². The maximum atomic E-state index is 13.2. The second kappa shape index (κ2) is 10.2. The largest absolute Gasteiger partial charge is 0.481 e. The van der Waals surface area contributed by atoms with Crippen molar-refractivity contribution >= 4 is 46.3 Å². The Hall–Kier alpha value is -3.11. The van der Waals surface area contributed by atoms with E-state index in [2.05, 4.69) is 15.6 Å². The summed E-state index contributed by atoms with van der Waals surface area (Å²) >= 11 is 7.43. The van der Waals surface area contributed by atoms with Crippen molar-refractivity contribution < 1.29 is 27.9 Å². The summed E-state index contributed by atoms with van der Waals surface area (Å²) in [5.41, 5.74) is -0.272. The number of thiazole rings is 1. The van der Waals surface area contributed by atoms with E-state index in [1.54, 1.807) is 41.8 Å². The molecule has 0 radical (unpaired) electrons. The number of rotatable bonds is 5. The van der Waals surface area contributed by atoms with E-state index in [0.717, 1.165) is 34.4 Å². The molecule has 0 spiro atoms. The normalized spacial score (nSPS) is 18.2. The number of anilines is 2. The molecule has 35 heavy (non-hydrogen) atoms. The van der Waals surface area contributed by atoms with Crippen LogP contribution in [-0.2, 0) is 11.0 Å². The van der Waals surface area contributed by atoms with Crippen LogP contribution in [0.5, 0.6) is 0 Å². The van der Waals surface area contributed by atoms with Crippen molar-refractivity contribution in [3.63, 3.8) is 0 Å². The van der Waals surface area contributed by atoms with Crippen LogP contribution in [0.15, 0.2) is 48.7 Å². The lowest BCUT2D eigenvalue weighted by atomic mass is 9.82. The first-order chi connectivity index (χ1) is 16.6. The predicted octanol–water partition coefficient (Wildman–Crippen LogP) is 7.48. The van der Waals surface area contributed by atoms with E-state index >= 15 is 0 Å². The van der Waals surface area contributed by atoms with E-state index in [4.69, 9.17) is 16.7 Å². The summed E-state index contributed by atoms with van der Waals surface area (Å²) in [5.74, 6) is -0.764. The Balaban J connectivity index is 1.39. The maximum absolute atomic E-state index is 13.2. The number of halogens is 4. The van der Waals surface area contributed by atoms with Gasteiger partial charge in [0, 0.05) is 17.8 Å². The van der Waals surface area contributed by atoms with Gasteiger partial charge in [-0.2, -0.15) is 13.2 Å². The van der Waals surface area contributed by atoms with Crippen molar-refractivity contribution in [1.29, 1.82) is 0 Å². The summed E-state index contributed by atoms with van der Waals surface area (Å²) in [4.78, 5) is 28.9. The number of carbonyl (C=O) groups excluding carboxylic acids is 1. The maximum Gasteiger partial charge on any atom is 0.418 e. The van der Waals surface area contributed by atoms with E-state index in [1.165, 1.54) is 12.1 Å². The van der Waals surface area contributed by atoms with Crippen LogP contribution in [0.1, 0.15) is 42.2 Å². The number of carbonyl (C=O) groups is 2. The Morgan fingerprint density at radius 1 is 1.03 bits per heavy atom. The molecule has 3 N–H and O–H groups in total. The number of aromatic nitrogens is 1. The number of benzene rings is 2. The number of para-hydroxylation sites is 1. The molecular formula is C24H21ClF3N3O3S. The molecular weight excluding hydrogens is 503 g/mol. The number of nitrogens with zero attached hydrogens (tertiary/aromatic N) is 1. The second-order valence-electron chi connectivity index (χ2n) is 8.27. The number of urea groups is 1. The van der Waals surface area contributed by atoms with Crippen LogP contribution in [0.4, 0.5) is 29.3 Å². The summed E-state index contributed by atoms with van der Waals surface area (Å²) in [6, 6.07) is 9.27. The average molecular weight is 524 g/mol. The third kappa shape index (κ3) is 5.94. The van der Waals surface area contributed by atoms with Gasteiger partial charge in [-0.3, -0.25) is 4.79 Å². The van der Waals surface area contributed by atoms with Crippen LogP contribution >= 0.6 is 22.9 Å². The molecule has 1 saturated carbocycles. The summed E-state index contributed by atoms with van der Waals surface area (Å²) in [6.45, 7) is 0. The fraction of sp³-hybridized carbons (Fsp3) is 0.292. The van der Waals surface area contributed by atoms with Gasteiger partial charge in [0.15, 0.2) is 0 Å². The van der Waals surface area contributed by atoms with Gasteiger partial charge in [-0.15, -0.1) is 11.3 Å². The average Bonchev–Trinajstić information content (AvgIpc) is 3.30. The predicted molar refractivity (Wildman–Crippen MR) is 129 cm³/mol. The van der Waals surface area contributed by atoms with Crippen molar-refractivity contribution in [2.45, 2.75) is 37.8 Å². The van der Waals surface area contributed by atoms with Gasteiger partial charge in [-0.1, -0.05) is 29.8 Å². The highest BCUT2D eigenvalue weighted by Crippen LogP contribution is 2.40. The van der Waals surface area contributed by atoms with Gasteiger partial charge >= 0.3 is 18.2 Å². The number of alkyl halides is 3. The fourth-order valence-electron chi connectivity index (χ4n) is 4.08. The van der Waals surface area contributed by atoms with Crippen molar-refractivity contribution in [3.05, 3.63) is 64.3 Å². The molecule has 2 aromatic carbocycles. The Morgan fingerprint density at radius 3 is 2.34 bits per heavy atom. The third-order valence-corrected chi connectivity index (χ3v) is 7.46. The highest BCUT2D eigenvalue weighted by molar-refractivity contribution is 7.15. The fourth-order valence-corrected chi connectivity index (χ4v) is 5.39. The lowest BCUT2D eigenvalue weighted by Crippen LogP contribution is -2.22. The molecule has 0 saturated heterocycles. The molecule has 4 rings (SSSR count). The second-order valence-corrected chi connectivity index (χ2v) is 9.74. The standard InChI is InChI=1S/C24H21ClF3N3O3S/c25-18-3-1-2-17(24(26,27)28)20(18)31-23(34)30-16-10-8-13(9-11-16)19-12-29-21(35-19)14-4-6-15(7-5-14)22(32)33/h1-3,8-12,14-15H,4-7H2,(H,32,33)(H2,30,31,34). The van der Waals surface area contributed by atoms with Gasteiger partial charge in [-0.25, -0.2) is 9.78 Å². The minimum atomic E-state index is -4.67. The number of hydrogen-bond acceptors (Lipinski definition) is 4. The van der Waals surface area contributed by atoms with Crippen LogP contribution in [0.25, 0.3) is 10.4 Å². The van der Waals surface area contributed by atoms with Gasteiger partial charge < -0.3 is 15.7 Å². The van der Waals surface area contributed by atoms with Crippen molar-refractivity contribution in [1.82, 2.24) is 4.98 Å². The number of hydrogen-bond donors (Lipinski definition) is 3. The van der Waals surface area contributed by atoms with Gasteiger partial charge in [0.25, 0.3) is 0 Å². The van der Waals surface area contributed by atoms with Gasteiger partial charge in [0.05, 0.1) is 32.1 Å². The van der Waals surface area contributed by atoms with Gasteiger partial charge in [0.2, 0.25) is 0 Å². The van der Waals surface area contributed by atoms with Gasteiger partial charge in [-0.05, 0) is 55.5 Å². The molecule has 0 unspecified atom stereocenters. The first kappa shape index (κ1) is 25.0. The van der Waals surface area contributed by atoms with Crippen molar-refractivity contribution in [2.75, 3.05) is 10.6 Å². The number of aliphatic carboxylic acids is 1. The zero-order valence-corrected chi connectivity index (χ0v) is 19.8. The number of amides is 2. The van der Waals surface area contributed by atoms with Crippen LogP contribution in [0.3, 0.4) is 0 Å². The minimum absolute atomic E-state index is 0.220. The molecule has 2 amide bonds. The van der Waals surface area contributed by atoms with E-state index < -0.39 is 29.4 Å². The third-order valence-electron chi connectivity index (χ3n) is 5.93. The molecule has 11 heteroatoms. The highest BCUT2D eigenvalue weighted by Gasteiger charge is 2.35. The molecule has 0 aliphatic heterocycles. The molecule has 0 bridgehead atoms. The van der Waals surface area contributed by atoms with Gasteiger partial charge in [0.1, 0.15) is 0 Å². The Labute approximate surface area is 208 Å². The quantitative estimate of drug-likeness (QED) is 0.323. The molecule has 1 aromatic heterocycles. The zero-order chi connectivity index (χ0) is 25.2. The molecule has 184 valence electrons. The summed E-state index contributed by atoms with van der Waals surface area (Å²) in [5, 5.41) is 14.6. The van der Waals surface area contributed by atoms with Crippen molar-refractivity contribution in [2.24, 2.45) is 5.92 Å². The molecule has 1 aliphatic carbocycles. The van der Waals surface area contributed by atoms with Crippen molar-refractivity contribution in [3.8, 4) is 10.4 Å². The Morgan fingerprint density at radius 2 is 1.71 bits per heavy atom. The SMILES string of the molecule is O=C(Nc1ccc(-c2cnc(C3CCC(C(=O)O)CC3)s2)cc1)Nc1c(Cl)cccc1C(F)(F)F. The topological polar surface area (TPSA) is 91.3 Å². The van der Waals surface area contributed by atoms with Crippen LogP contribution in [0.2, 0.25) is 5.02 Å². The summed E-state index contributed by atoms with van der Waals surface area (Å²) < 4.78 is 39.7. The molecule has 1 fully saturated rings. The lowest BCUT2D eigenvalue weighted by Gasteiger charge is -2.24. The van der Waals surface area contributed by atoms with Crippen LogP contribution < -0.4 is 10.6 Å². The lowest BCUT2D eigenvalue weighted by molar-refractivity contribution is -0.143. The smallest absolute Gasteiger partial charge is 0.418 e. The van der Waals surface area contributed by atoms with Crippen LogP contribution in [0, 0.1) is 5.92 Å². The summed E-state index contributed by atoms with van der Waals surface area (Å²) in [7, 11) is 0. The zero-order valence-electron chi connectivity index (χ0n) is 18.2. The monoisotopic (exact) mass is 523 g/mol. The molecule has 3 aromatic rings. The number of carboxylic acid groups (broad SMARTS) is 1. The minimum Gasteiger partial charge on any atom is -0.481 e. The van der Waals surface area contributed by atoms with Crippen LogP contribution in [-0.4, -0.2) is 22.1 Å². The highest BCUT2D eigenvalue weighted by atomic mass is 35.5. The number of nitrogens with one attached hydrogen (secondary N) is 2. The first-order valence-corrected chi connectivity index (χ1v) is 12.0. The number of carboxylic acids is 1.